The van der Waals surface area contributed by atoms with E-state index in [0.29, 0.717) is 24.7 Å². The minimum absolute atomic E-state index is 0.250. The molecule has 2 rings (SSSR count). The predicted octanol–water partition coefficient (Wildman–Crippen LogP) is 3.63. The van der Waals surface area contributed by atoms with Gasteiger partial charge in [0.25, 0.3) is 0 Å². The molecule has 4 nitrogen and oxygen atoms in total. The first-order valence-corrected chi connectivity index (χ1v) is 8.68. The van der Waals surface area contributed by atoms with E-state index in [1.54, 1.807) is 42.5 Å². The maximum Gasteiger partial charge on any atom is 0.206 e. The summed E-state index contributed by atoms with van der Waals surface area (Å²) in [6, 6.07) is 11.4. The van der Waals surface area contributed by atoms with Crippen LogP contribution in [0.25, 0.3) is 0 Å². The van der Waals surface area contributed by atoms with Crippen molar-refractivity contribution in [3.63, 3.8) is 0 Å². The van der Waals surface area contributed by atoms with Crippen molar-refractivity contribution in [2.24, 2.45) is 0 Å². The zero-order chi connectivity index (χ0) is 16.2. The van der Waals surface area contributed by atoms with E-state index in [2.05, 4.69) is 0 Å². The maximum absolute atomic E-state index is 12.6. The second-order valence-electron chi connectivity index (χ2n) is 4.77. The van der Waals surface area contributed by atoms with Gasteiger partial charge in [-0.1, -0.05) is 0 Å². The van der Waals surface area contributed by atoms with E-state index >= 15 is 0 Å². The van der Waals surface area contributed by atoms with Gasteiger partial charge >= 0.3 is 0 Å². The van der Waals surface area contributed by atoms with Crippen molar-refractivity contribution in [1.82, 2.24) is 0 Å². The molecular formula is C17H20O4S. The minimum Gasteiger partial charge on any atom is -0.494 e. The predicted molar refractivity (Wildman–Crippen MR) is 85.4 cm³/mol. The van der Waals surface area contributed by atoms with E-state index in [9.17, 15) is 8.42 Å². The van der Waals surface area contributed by atoms with Crippen LogP contribution < -0.4 is 9.47 Å². The molecule has 2 aromatic carbocycles. The lowest BCUT2D eigenvalue weighted by Gasteiger charge is -2.10. The summed E-state index contributed by atoms with van der Waals surface area (Å²) in [4.78, 5) is 0.511. The van der Waals surface area contributed by atoms with E-state index in [1.807, 2.05) is 20.8 Å². The summed E-state index contributed by atoms with van der Waals surface area (Å²) in [6.07, 6.45) is 0. The van der Waals surface area contributed by atoms with Crippen LogP contribution in [0.15, 0.2) is 52.3 Å². The number of hydrogen-bond acceptors (Lipinski definition) is 4. The van der Waals surface area contributed by atoms with Crippen molar-refractivity contribution in [2.45, 2.75) is 30.6 Å². The Labute approximate surface area is 131 Å². The van der Waals surface area contributed by atoms with Crippen LogP contribution in [-0.4, -0.2) is 21.6 Å². The molecule has 0 aliphatic carbocycles. The molecule has 0 aliphatic heterocycles. The van der Waals surface area contributed by atoms with Crippen LogP contribution in [0.2, 0.25) is 0 Å². The van der Waals surface area contributed by atoms with Crippen LogP contribution in [0.1, 0.15) is 19.4 Å². The Hall–Kier alpha value is -2.01. The Kier molecular flexibility index (Phi) is 5.08. The number of benzene rings is 2. The zero-order valence-corrected chi connectivity index (χ0v) is 13.8. The lowest BCUT2D eigenvalue weighted by atomic mass is 10.2. The van der Waals surface area contributed by atoms with Gasteiger partial charge in [0.2, 0.25) is 9.84 Å². The molecule has 2 aromatic rings. The molecule has 0 saturated carbocycles. The fourth-order valence-electron chi connectivity index (χ4n) is 2.12. The first-order valence-electron chi connectivity index (χ1n) is 7.20. The molecule has 0 bridgehead atoms. The van der Waals surface area contributed by atoms with Gasteiger partial charge in [0, 0.05) is 0 Å². The Bertz CT molecular complexity index is 734. The smallest absolute Gasteiger partial charge is 0.206 e. The Morgan fingerprint density at radius 1 is 0.864 bits per heavy atom. The standard InChI is InChI=1S/C17H20O4S/c1-4-20-14-6-8-15(9-7-14)22(18,19)16-10-11-17(21-5-2)13(3)12-16/h6-12H,4-5H2,1-3H3. The molecule has 118 valence electrons. The second kappa shape index (κ2) is 6.83. The van der Waals surface area contributed by atoms with Gasteiger partial charge in [-0.05, 0) is 68.8 Å². The number of ether oxygens (including phenoxy) is 2. The zero-order valence-electron chi connectivity index (χ0n) is 13.0. The summed E-state index contributed by atoms with van der Waals surface area (Å²) in [6.45, 7) is 6.70. The van der Waals surface area contributed by atoms with Gasteiger partial charge < -0.3 is 9.47 Å². The second-order valence-corrected chi connectivity index (χ2v) is 6.72. The molecule has 0 atom stereocenters. The highest BCUT2D eigenvalue weighted by Crippen LogP contribution is 2.27. The van der Waals surface area contributed by atoms with Crippen molar-refractivity contribution in [3.05, 3.63) is 48.0 Å². The van der Waals surface area contributed by atoms with E-state index in [-0.39, 0.29) is 9.79 Å². The summed E-state index contributed by atoms with van der Waals surface area (Å²) in [5.74, 6) is 1.36. The van der Waals surface area contributed by atoms with Crippen LogP contribution in [-0.2, 0) is 9.84 Å². The molecule has 0 aliphatic rings. The number of sulfone groups is 1. The minimum atomic E-state index is -3.54. The average Bonchev–Trinajstić information content (AvgIpc) is 2.50. The molecule has 22 heavy (non-hydrogen) atoms. The SMILES string of the molecule is CCOc1ccc(S(=O)(=O)c2ccc(OCC)c(C)c2)cc1. The van der Waals surface area contributed by atoms with E-state index in [0.717, 1.165) is 5.56 Å². The van der Waals surface area contributed by atoms with Crippen molar-refractivity contribution in [3.8, 4) is 11.5 Å². The van der Waals surface area contributed by atoms with Crippen molar-refractivity contribution < 1.29 is 17.9 Å². The van der Waals surface area contributed by atoms with Crippen molar-refractivity contribution in [1.29, 1.82) is 0 Å². The van der Waals surface area contributed by atoms with Gasteiger partial charge in [-0.3, -0.25) is 0 Å². The number of rotatable bonds is 6. The number of hydrogen-bond donors (Lipinski definition) is 0. The van der Waals surface area contributed by atoms with E-state index < -0.39 is 9.84 Å². The summed E-state index contributed by atoms with van der Waals surface area (Å²) >= 11 is 0. The van der Waals surface area contributed by atoms with Gasteiger partial charge in [0.05, 0.1) is 23.0 Å². The molecule has 0 fully saturated rings. The summed E-state index contributed by atoms with van der Waals surface area (Å²) in [7, 11) is -3.54. The third-order valence-corrected chi connectivity index (χ3v) is 4.97. The Morgan fingerprint density at radius 2 is 1.45 bits per heavy atom. The maximum atomic E-state index is 12.6. The third-order valence-electron chi connectivity index (χ3n) is 3.20. The van der Waals surface area contributed by atoms with Crippen LogP contribution in [0.5, 0.6) is 11.5 Å². The molecule has 0 aromatic heterocycles. The molecule has 0 heterocycles. The highest BCUT2D eigenvalue weighted by molar-refractivity contribution is 7.91. The van der Waals surface area contributed by atoms with Gasteiger partial charge in [-0.25, -0.2) is 8.42 Å². The highest BCUT2D eigenvalue weighted by atomic mass is 32.2. The Balaban J connectivity index is 2.35. The number of aryl methyl sites for hydroxylation is 1. The van der Waals surface area contributed by atoms with Crippen LogP contribution in [0.3, 0.4) is 0 Å². The molecule has 0 radical (unpaired) electrons. The lowest BCUT2D eigenvalue weighted by molar-refractivity contribution is 0.337. The van der Waals surface area contributed by atoms with E-state index in [1.165, 1.54) is 0 Å². The van der Waals surface area contributed by atoms with Gasteiger partial charge in [0.1, 0.15) is 11.5 Å². The monoisotopic (exact) mass is 320 g/mol. The molecule has 0 saturated heterocycles. The average molecular weight is 320 g/mol. The normalized spacial score (nSPS) is 11.2. The first kappa shape index (κ1) is 16.4. The van der Waals surface area contributed by atoms with Gasteiger partial charge in [0.15, 0.2) is 0 Å². The first-order chi connectivity index (χ1) is 10.5. The van der Waals surface area contributed by atoms with Crippen LogP contribution in [0.4, 0.5) is 0 Å². The fourth-order valence-corrected chi connectivity index (χ4v) is 3.47. The van der Waals surface area contributed by atoms with Gasteiger partial charge in [-0.2, -0.15) is 0 Å². The summed E-state index contributed by atoms with van der Waals surface area (Å²) in [5.41, 5.74) is 0.800. The fraction of sp³-hybridized carbons (Fsp3) is 0.294. The molecule has 5 heteroatoms. The van der Waals surface area contributed by atoms with Crippen LogP contribution in [0, 0.1) is 6.92 Å². The third kappa shape index (κ3) is 3.42. The molecule has 0 unspecified atom stereocenters. The summed E-state index contributed by atoms with van der Waals surface area (Å²) < 4.78 is 36.1. The summed E-state index contributed by atoms with van der Waals surface area (Å²) in [5, 5.41) is 0. The van der Waals surface area contributed by atoms with Crippen molar-refractivity contribution >= 4 is 9.84 Å². The molecule has 0 N–H and O–H groups in total. The largest absolute Gasteiger partial charge is 0.494 e. The highest BCUT2D eigenvalue weighted by Gasteiger charge is 2.18. The van der Waals surface area contributed by atoms with Crippen molar-refractivity contribution in [2.75, 3.05) is 13.2 Å². The van der Waals surface area contributed by atoms with Gasteiger partial charge in [-0.15, -0.1) is 0 Å². The topological polar surface area (TPSA) is 52.6 Å². The van der Waals surface area contributed by atoms with E-state index in [4.69, 9.17) is 9.47 Å². The molecular weight excluding hydrogens is 300 g/mol. The quantitative estimate of drug-likeness (QED) is 0.815. The molecule has 0 amide bonds. The Morgan fingerprint density at radius 3 is 2.00 bits per heavy atom. The van der Waals surface area contributed by atoms with Crippen LogP contribution >= 0.6 is 0 Å². The lowest BCUT2D eigenvalue weighted by Crippen LogP contribution is -2.03. The molecule has 0 spiro atoms.